The lowest BCUT2D eigenvalue weighted by Crippen LogP contribution is -2.24. The van der Waals surface area contributed by atoms with Crippen LogP contribution in [0.15, 0.2) is 42.7 Å². The van der Waals surface area contributed by atoms with Crippen LogP contribution in [0.2, 0.25) is 0 Å². The van der Waals surface area contributed by atoms with Crippen molar-refractivity contribution < 1.29 is 9.13 Å². The minimum atomic E-state index is -0.502. The molecule has 0 saturated carbocycles. The molecule has 1 aromatic carbocycles. The summed E-state index contributed by atoms with van der Waals surface area (Å²) < 4.78 is 22.7. The van der Waals surface area contributed by atoms with Gasteiger partial charge in [-0.15, -0.1) is 16.4 Å². The number of nitrogens with zero attached hydrogens (tertiary/aromatic N) is 5. The quantitative estimate of drug-likeness (QED) is 0.468. The Labute approximate surface area is 176 Å². The minimum absolute atomic E-state index is 0.125. The highest BCUT2D eigenvalue weighted by atomic mass is 32.1. The Hall–Kier alpha value is -3.04. The SMILES string of the molecule is Nc1ccc(Oc2ccnc3cc(-c4cn(CCN5CCCC5)nn4)sc23)c(F)c1. The minimum Gasteiger partial charge on any atom is -0.453 e. The highest BCUT2D eigenvalue weighted by Crippen LogP contribution is 2.39. The molecule has 3 aromatic heterocycles. The Morgan fingerprint density at radius 3 is 2.80 bits per heavy atom. The molecule has 5 rings (SSSR count). The summed E-state index contributed by atoms with van der Waals surface area (Å²) in [5.74, 6) is 0.165. The molecule has 0 unspecified atom stereocenters. The number of fused-ring (bicyclic) bond motifs is 1. The first-order valence-electron chi connectivity index (χ1n) is 9.90. The van der Waals surface area contributed by atoms with Gasteiger partial charge in [0.05, 0.1) is 27.8 Å². The highest BCUT2D eigenvalue weighted by Gasteiger charge is 2.15. The van der Waals surface area contributed by atoms with Crippen LogP contribution in [0.1, 0.15) is 12.8 Å². The van der Waals surface area contributed by atoms with E-state index in [1.165, 1.54) is 49.4 Å². The van der Waals surface area contributed by atoms with E-state index < -0.39 is 5.82 Å². The molecule has 0 amide bonds. The van der Waals surface area contributed by atoms with E-state index in [0.717, 1.165) is 33.9 Å². The monoisotopic (exact) mass is 424 g/mol. The summed E-state index contributed by atoms with van der Waals surface area (Å²) in [5.41, 5.74) is 7.54. The lowest BCUT2D eigenvalue weighted by atomic mass is 10.3. The first-order valence-corrected chi connectivity index (χ1v) is 10.7. The van der Waals surface area contributed by atoms with Crippen LogP contribution in [0.3, 0.4) is 0 Å². The maximum atomic E-state index is 14.2. The van der Waals surface area contributed by atoms with Crippen molar-refractivity contribution in [3.8, 4) is 22.1 Å². The molecule has 1 fully saturated rings. The molecule has 0 spiro atoms. The van der Waals surface area contributed by atoms with Gasteiger partial charge in [0, 0.05) is 30.6 Å². The number of aromatic nitrogens is 4. The average Bonchev–Trinajstić information content (AvgIpc) is 3.49. The van der Waals surface area contributed by atoms with Crippen LogP contribution in [0.4, 0.5) is 10.1 Å². The normalized spacial score (nSPS) is 14.6. The number of pyridine rings is 1. The molecular weight excluding hydrogens is 403 g/mol. The van der Waals surface area contributed by atoms with Gasteiger partial charge >= 0.3 is 0 Å². The number of nitrogen functional groups attached to an aromatic ring is 1. The molecule has 1 aliphatic heterocycles. The zero-order chi connectivity index (χ0) is 20.5. The zero-order valence-electron chi connectivity index (χ0n) is 16.3. The number of halogens is 1. The van der Waals surface area contributed by atoms with Crippen LogP contribution in [0.25, 0.3) is 20.8 Å². The lowest BCUT2D eigenvalue weighted by molar-refractivity contribution is 0.314. The van der Waals surface area contributed by atoms with E-state index in [-0.39, 0.29) is 5.75 Å². The number of benzene rings is 1. The summed E-state index contributed by atoms with van der Waals surface area (Å²) in [6.45, 7) is 4.14. The Morgan fingerprint density at radius 1 is 1.10 bits per heavy atom. The van der Waals surface area contributed by atoms with Crippen molar-refractivity contribution in [2.75, 3.05) is 25.4 Å². The Bertz CT molecular complexity index is 1180. The predicted octanol–water partition coefficient (Wildman–Crippen LogP) is 4.16. The second-order valence-electron chi connectivity index (χ2n) is 7.34. The summed E-state index contributed by atoms with van der Waals surface area (Å²) in [5, 5.41) is 8.59. The van der Waals surface area contributed by atoms with Gasteiger partial charge in [0.15, 0.2) is 11.6 Å². The maximum Gasteiger partial charge on any atom is 0.167 e. The third-order valence-electron chi connectivity index (χ3n) is 5.19. The molecule has 9 heteroatoms. The van der Waals surface area contributed by atoms with Gasteiger partial charge in [-0.05, 0) is 44.1 Å². The molecule has 1 saturated heterocycles. The molecule has 4 heterocycles. The van der Waals surface area contributed by atoms with Crippen molar-refractivity contribution in [3.63, 3.8) is 0 Å². The van der Waals surface area contributed by atoms with Crippen molar-refractivity contribution in [1.82, 2.24) is 24.9 Å². The predicted molar refractivity (Wildman–Crippen MR) is 115 cm³/mol. The highest BCUT2D eigenvalue weighted by molar-refractivity contribution is 7.22. The summed E-state index contributed by atoms with van der Waals surface area (Å²) in [6.07, 6.45) is 6.17. The second-order valence-corrected chi connectivity index (χ2v) is 8.39. The number of likely N-dealkylation sites (tertiary alicyclic amines) is 1. The summed E-state index contributed by atoms with van der Waals surface area (Å²) in [6, 6.07) is 8.06. The van der Waals surface area contributed by atoms with E-state index in [9.17, 15) is 4.39 Å². The standard InChI is InChI=1S/C21H21FN6OS/c22-15-11-14(23)3-4-18(15)29-19-5-6-24-16-12-20(30-21(16)19)17-13-28(26-25-17)10-9-27-7-1-2-8-27/h3-6,11-13H,1-2,7-10,23H2. The van der Waals surface area contributed by atoms with Crippen LogP contribution in [0.5, 0.6) is 11.5 Å². The van der Waals surface area contributed by atoms with E-state index in [1.54, 1.807) is 18.3 Å². The third-order valence-corrected chi connectivity index (χ3v) is 6.35. The molecule has 2 N–H and O–H groups in total. The number of hydrogen-bond acceptors (Lipinski definition) is 7. The van der Waals surface area contributed by atoms with E-state index in [1.807, 2.05) is 16.9 Å². The van der Waals surface area contributed by atoms with Gasteiger partial charge in [-0.2, -0.15) is 0 Å². The zero-order valence-corrected chi connectivity index (χ0v) is 17.1. The molecule has 0 radical (unpaired) electrons. The van der Waals surface area contributed by atoms with Crippen LogP contribution in [-0.4, -0.2) is 44.5 Å². The van der Waals surface area contributed by atoms with Gasteiger partial charge in [0.25, 0.3) is 0 Å². The third kappa shape index (κ3) is 3.86. The summed E-state index contributed by atoms with van der Waals surface area (Å²) in [7, 11) is 0. The van der Waals surface area contributed by atoms with Crippen molar-refractivity contribution in [2.24, 2.45) is 0 Å². The largest absolute Gasteiger partial charge is 0.453 e. The number of anilines is 1. The fourth-order valence-corrected chi connectivity index (χ4v) is 4.63. The lowest BCUT2D eigenvalue weighted by Gasteiger charge is -2.13. The van der Waals surface area contributed by atoms with Gasteiger partial charge in [-0.25, -0.2) is 4.39 Å². The average molecular weight is 425 g/mol. The summed E-state index contributed by atoms with van der Waals surface area (Å²) in [4.78, 5) is 7.81. The molecule has 7 nitrogen and oxygen atoms in total. The van der Waals surface area contributed by atoms with Crippen LogP contribution in [-0.2, 0) is 6.54 Å². The Balaban J connectivity index is 1.38. The number of thiophene rings is 1. The number of nitrogens with two attached hydrogens (primary N) is 1. The van der Waals surface area contributed by atoms with Crippen molar-refractivity contribution in [2.45, 2.75) is 19.4 Å². The van der Waals surface area contributed by atoms with E-state index in [0.29, 0.717) is 11.4 Å². The van der Waals surface area contributed by atoms with E-state index >= 15 is 0 Å². The van der Waals surface area contributed by atoms with Gasteiger partial charge in [-0.1, -0.05) is 5.21 Å². The van der Waals surface area contributed by atoms with Gasteiger partial charge in [0.2, 0.25) is 0 Å². The number of hydrogen-bond donors (Lipinski definition) is 1. The van der Waals surface area contributed by atoms with Gasteiger partial charge in [-0.3, -0.25) is 9.67 Å². The van der Waals surface area contributed by atoms with Gasteiger partial charge < -0.3 is 15.4 Å². The number of ether oxygens (including phenoxy) is 1. The molecule has 30 heavy (non-hydrogen) atoms. The Kier molecular flexibility index (Phi) is 5.06. The smallest absolute Gasteiger partial charge is 0.167 e. The summed E-state index contributed by atoms with van der Waals surface area (Å²) >= 11 is 1.50. The molecule has 0 aliphatic carbocycles. The topological polar surface area (TPSA) is 82.1 Å². The molecule has 1 aliphatic rings. The van der Waals surface area contributed by atoms with Crippen LogP contribution >= 0.6 is 11.3 Å². The molecular formula is C21H21FN6OS. The first kappa shape index (κ1) is 19.0. The van der Waals surface area contributed by atoms with Crippen LogP contribution in [0, 0.1) is 5.82 Å². The van der Waals surface area contributed by atoms with Crippen molar-refractivity contribution in [3.05, 3.63) is 48.5 Å². The number of rotatable bonds is 6. The van der Waals surface area contributed by atoms with E-state index in [4.69, 9.17) is 10.5 Å². The van der Waals surface area contributed by atoms with Gasteiger partial charge in [0.1, 0.15) is 11.4 Å². The second kappa shape index (κ2) is 8.00. The fraction of sp³-hybridized carbons (Fsp3) is 0.286. The molecule has 4 aromatic rings. The molecule has 154 valence electrons. The fourth-order valence-electron chi connectivity index (χ4n) is 3.61. The first-order chi connectivity index (χ1) is 14.7. The maximum absolute atomic E-state index is 14.2. The molecule has 0 atom stereocenters. The Morgan fingerprint density at radius 2 is 1.97 bits per heavy atom. The van der Waals surface area contributed by atoms with Crippen molar-refractivity contribution >= 4 is 27.2 Å². The van der Waals surface area contributed by atoms with Crippen molar-refractivity contribution in [1.29, 1.82) is 0 Å². The molecule has 0 bridgehead atoms. The van der Waals surface area contributed by atoms with E-state index in [2.05, 4.69) is 20.2 Å². The van der Waals surface area contributed by atoms with Crippen LogP contribution < -0.4 is 10.5 Å².